The Balaban J connectivity index is 1.74. The van der Waals surface area contributed by atoms with Crippen LogP contribution in [0.2, 0.25) is 0 Å². The van der Waals surface area contributed by atoms with Gasteiger partial charge in [0.05, 0.1) is 12.1 Å². The Kier molecular flexibility index (Phi) is 4.51. The molecule has 0 radical (unpaired) electrons. The number of carboxylic acids is 1. The highest BCUT2D eigenvalue weighted by atomic mass is 16.4. The second kappa shape index (κ2) is 7.24. The van der Waals surface area contributed by atoms with E-state index in [1.807, 2.05) is 13.0 Å². The van der Waals surface area contributed by atoms with Crippen molar-refractivity contribution in [2.75, 3.05) is 6.54 Å². The highest BCUT2D eigenvalue weighted by Crippen LogP contribution is 2.36. The number of oxazole rings is 1. The number of aromatic amines is 1. The van der Waals surface area contributed by atoms with Crippen molar-refractivity contribution in [1.29, 1.82) is 0 Å². The number of hydrogen-bond donors (Lipinski definition) is 4. The summed E-state index contributed by atoms with van der Waals surface area (Å²) in [4.78, 5) is 32.3. The molecule has 31 heavy (non-hydrogen) atoms. The average Bonchev–Trinajstić information content (AvgIpc) is 3.34. The minimum atomic E-state index is -1.02. The second-order valence-electron chi connectivity index (χ2n) is 8.07. The molecule has 0 aliphatic carbocycles. The van der Waals surface area contributed by atoms with Crippen LogP contribution in [0.1, 0.15) is 18.1 Å². The summed E-state index contributed by atoms with van der Waals surface area (Å²) in [6.07, 6.45) is 2.39. The number of phenols is 1. The molecule has 4 N–H and O–H groups in total. The maximum absolute atomic E-state index is 12.6. The lowest BCUT2D eigenvalue weighted by Gasteiger charge is -2.16. The molecule has 2 aromatic heterocycles. The Bertz CT molecular complexity index is 1340. The van der Waals surface area contributed by atoms with Gasteiger partial charge < -0.3 is 19.6 Å². The minimum absolute atomic E-state index is 0.0333. The number of rotatable bonds is 1. The maximum atomic E-state index is 12.6. The monoisotopic (exact) mass is 419 g/mol. The molecule has 158 valence electrons. The van der Waals surface area contributed by atoms with Crippen molar-refractivity contribution in [3.8, 4) is 17.2 Å². The van der Waals surface area contributed by atoms with E-state index in [4.69, 9.17) is 4.42 Å². The second-order valence-corrected chi connectivity index (χ2v) is 8.07. The van der Waals surface area contributed by atoms with Gasteiger partial charge in [0, 0.05) is 29.4 Å². The number of aromatic hydroxyl groups is 1. The third kappa shape index (κ3) is 3.34. The van der Waals surface area contributed by atoms with E-state index >= 15 is 0 Å². The summed E-state index contributed by atoms with van der Waals surface area (Å²) in [5, 5.41) is 23.8. The zero-order chi connectivity index (χ0) is 21.7. The lowest BCUT2D eigenvalue weighted by molar-refractivity contribution is -0.139. The molecule has 2 aromatic carbocycles. The number of fused-ring (bicyclic) bond motifs is 4. The number of carboxylic acid groups (broad SMARTS) is 1. The van der Waals surface area contributed by atoms with Gasteiger partial charge in [-0.15, -0.1) is 0 Å². The molecule has 8 heteroatoms. The smallest absolute Gasteiger partial charge is 0.321 e. The van der Waals surface area contributed by atoms with Gasteiger partial charge in [0.2, 0.25) is 5.89 Å². The summed E-state index contributed by atoms with van der Waals surface area (Å²) in [5.74, 6) is -1.11. The highest BCUT2D eigenvalue weighted by molar-refractivity contribution is 6.05. The van der Waals surface area contributed by atoms with Crippen LogP contribution in [-0.2, 0) is 22.4 Å². The molecule has 8 nitrogen and oxygen atoms in total. The van der Waals surface area contributed by atoms with Crippen molar-refractivity contribution >= 4 is 33.8 Å². The van der Waals surface area contributed by atoms with E-state index in [0.717, 1.165) is 22.0 Å². The van der Waals surface area contributed by atoms with Crippen molar-refractivity contribution in [3.05, 3.63) is 47.7 Å². The van der Waals surface area contributed by atoms with Crippen LogP contribution in [0.5, 0.6) is 5.75 Å². The third-order valence-corrected chi connectivity index (χ3v) is 5.91. The van der Waals surface area contributed by atoms with Crippen LogP contribution in [0, 0.1) is 5.92 Å². The van der Waals surface area contributed by atoms with Crippen LogP contribution in [0.15, 0.2) is 40.9 Å². The molecular weight excluding hydrogens is 398 g/mol. The molecule has 1 aliphatic rings. The van der Waals surface area contributed by atoms with Gasteiger partial charge in [0.1, 0.15) is 23.1 Å². The summed E-state index contributed by atoms with van der Waals surface area (Å²) < 4.78 is 5.96. The molecule has 0 saturated heterocycles. The van der Waals surface area contributed by atoms with Crippen molar-refractivity contribution < 1.29 is 24.2 Å². The fourth-order valence-electron chi connectivity index (χ4n) is 4.17. The largest absolute Gasteiger partial charge is 0.507 e. The summed E-state index contributed by atoms with van der Waals surface area (Å²) in [5.41, 5.74) is 4.01. The van der Waals surface area contributed by atoms with Crippen LogP contribution in [0.3, 0.4) is 0 Å². The molecule has 3 heterocycles. The highest BCUT2D eigenvalue weighted by Gasteiger charge is 2.25. The first-order chi connectivity index (χ1) is 14.9. The van der Waals surface area contributed by atoms with Crippen molar-refractivity contribution in [2.24, 2.45) is 5.92 Å². The number of carbonyl (C=O) groups is 2. The number of benzene rings is 2. The lowest BCUT2D eigenvalue weighted by Crippen LogP contribution is -2.42. The summed E-state index contributed by atoms with van der Waals surface area (Å²) in [7, 11) is 0. The molecule has 5 rings (SSSR count). The Hall–Kier alpha value is -3.65. The van der Waals surface area contributed by atoms with Gasteiger partial charge in [0.25, 0.3) is 0 Å². The van der Waals surface area contributed by atoms with Crippen LogP contribution in [0.4, 0.5) is 0 Å². The Morgan fingerprint density at radius 2 is 2.06 bits per heavy atom. The van der Waals surface area contributed by atoms with Crippen molar-refractivity contribution in [2.45, 2.75) is 25.8 Å². The fraction of sp³-hybridized carbons (Fsp3) is 0.261. The van der Waals surface area contributed by atoms with Crippen molar-refractivity contribution in [3.63, 3.8) is 0 Å². The number of aromatic nitrogens is 2. The minimum Gasteiger partial charge on any atom is -0.507 e. The van der Waals surface area contributed by atoms with Gasteiger partial charge >= 0.3 is 5.97 Å². The fourth-order valence-corrected chi connectivity index (χ4v) is 4.17. The molecule has 0 saturated carbocycles. The average molecular weight is 419 g/mol. The molecule has 4 bridgehead atoms. The first kappa shape index (κ1) is 19.3. The Morgan fingerprint density at radius 3 is 2.87 bits per heavy atom. The Labute approximate surface area is 176 Å². The van der Waals surface area contributed by atoms with Gasteiger partial charge in [-0.3, -0.25) is 14.9 Å². The number of nitrogens with zero attached hydrogens (tertiary/aromatic N) is 1. The quantitative estimate of drug-likeness (QED) is 0.373. The van der Waals surface area contributed by atoms with Gasteiger partial charge in [-0.1, -0.05) is 13.0 Å². The van der Waals surface area contributed by atoms with E-state index in [1.165, 1.54) is 0 Å². The van der Waals surface area contributed by atoms with Gasteiger partial charge in [-0.25, -0.2) is 4.98 Å². The predicted octanol–water partition coefficient (Wildman–Crippen LogP) is 3.03. The first-order valence-corrected chi connectivity index (χ1v) is 10.1. The Morgan fingerprint density at radius 1 is 1.23 bits per heavy atom. The van der Waals surface area contributed by atoms with Gasteiger partial charge in [0.15, 0.2) is 5.58 Å². The first-order valence-electron chi connectivity index (χ1n) is 10.1. The summed E-state index contributed by atoms with van der Waals surface area (Å²) in [6, 6.07) is 7.85. The molecule has 0 spiro atoms. The number of H-pyrrole nitrogens is 1. The SMILES string of the molecule is CC1Cc2ccc(O)c(c2)-c2nc3c(ccc4[nH]cc(c43)CC(C(=O)O)NCC1=O)o2. The normalized spacial score (nSPS) is 19.7. The van der Waals surface area contributed by atoms with Crippen LogP contribution in [0.25, 0.3) is 33.5 Å². The molecule has 2 unspecified atom stereocenters. The number of Topliss-reactive ketones (excluding diaryl/α,β-unsaturated/α-hetero) is 1. The molecule has 0 amide bonds. The lowest BCUT2D eigenvalue weighted by atomic mass is 9.95. The zero-order valence-corrected chi connectivity index (χ0v) is 16.8. The van der Waals surface area contributed by atoms with Crippen LogP contribution >= 0.6 is 0 Å². The number of hydrogen-bond acceptors (Lipinski definition) is 6. The molecule has 4 aromatic rings. The van der Waals surface area contributed by atoms with E-state index in [-0.39, 0.29) is 36.3 Å². The standard InChI is InChI=1S/C23H21N3O5/c1-11-6-12-2-4-17(27)14(7-12)22-26-21-19(31-22)5-3-15-20(21)13(9-24-15)8-16(23(29)30)25-10-18(11)28/h2-5,7,9,11,16,24-25,27H,6,8,10H2,1H3,(H,29,30). The number of carbonyl (C=O) groups excluding carboxylic acids is 1. The molecule has 0 fully saturated rings. The van der Waals surface area contributed by atoms with Crippen LogP contribution in [-0.4, -0.2) is 44.5 Å². The van der Waals surface area contributed by atoms with Crippen molar-refractivity contribution in [1.82, 2.24) is 15.3 Å². The molecular formula is C23H21N3O5. The summed E-state index contributed by atoms with van der Waals surface area (Å²) >= 11 is 0. The van der Waals surface area contributed by atoms with Gasteiger partial charge in [-0.2, -0.15) is 0 Å². The number of nitrogens with one attached hydrogen (secondary N) is 2. The van der Waals surface area contributed by atoms with Crippen LogP contribution < -0.4 is 5.32 Å². The molecule has 2 atom stereocenters. The zero-order valence-electron chi connectivity index (χ0n) is 16.8. The van der Waals surface area contributed by atoms with E-state index in [2.05, 4.69) is 15.3 Å². The topological polar surface area (TPSA) is 128 Å². The maximum Gasteiger partial charge on any atom is 0.321 e. The van der Waals surface area contributed by atoms with E-state index in [1.54, 1.807) is 30.5 Å². The molecule has 1 aliphatic heterocycles. The van der Waals surface area contributed by atoms with E-state index < -0.39 is 12.0 Å². The third-order valence-electron chi connectivity index (χ3n) is 5.91. The number of phenolic OH excluding ortho intramolecular Hbond substituents is 1. The van der Waals surface area contributed by atoms with E-state index in [9.17, 15) is 19.8 Å². The van der Waals surface area contributed by atoms with E-state index in [0.29, 0.717) is 23.1 Å². The van der Waals surface area contributed by atoms with Gasteiger partial charge in [-0.05, 0) is 41.8 Å². The predicted molar refractivity (Wildman–Crippen MR) is 114 cm³/mol. The summed E-state index contributed by atoms with van der Waals surface area (Å²) in [6.45, 7) is 1.78. The number of ketones is 1. The number of aliphatic carboxylic acids is 1.